The number of amides is 3. The molecule has 6 nitrogen and oxygen atoms in total. The summed E-state index contributed by atoms with van der Waals surface area (Å²) >= 11 is 0. The molecule has 3 amide bonds. The van der Waals surface area contributed by atoms with Gasteiger partial charge in [0.2, 0.25) is 5.91 Å². The van der Waals surface area contributed by atoms with Gasteiger partial charge in [0.15, 0.2) is 0 Å². The summed E-state index contributed by atoms with van der Waals surface area (Å²) in [7, 11) is 1.62. The largest absolute Gasteiger partial charge is 0.496 e. The number of methoxy groups -OCH3 is 1. The minimum Gasteiger partial charge on any atom is -0.496 e. The molecule has 1 saturated heterocycles. The molecule has 1 heterocycles. The van der Waals surface area contributed by atoms with E-state index >= 15 is 0 Å². The Balaban J connectivity index is 1.79. The number of ether oxygens (including phenoxy) is 1. The zero-order chi connectivity index (χ0) is 17.5. The summed E-state index contributed by atoms with van der Waals surface area (Å²) in [6.45, 7) is 5.94. The maximum atomic E-state index is 12.0. The lowest BCUT2D eigenvalue weighted by atomic mass is 10.0. The van der Waals surface area contributed by atoms with Gasteiger partial charge in [0.25, 0.3) is 0 Å². The van der Waals surface area contributed by atoms with Crippen LogP contribution >= 0.6 is 0 Å². The zero-order valence-electron chi connectivity index (χ0n) is 14.7. The van der Waals surface area contributed by atoms with Gasteiger partial charge in [-0.2, -0.15) is 0 Å². The van der Waals surface area contributed by atoms with Gasteiger partial charge in [-0.3, -0.25) is 4.79 Å². The summed E-state index contributed by atoms with van der Waals surface area (Å²) in [6, 6.07) is 5.41. The van der Waals surface area contributed by atoms with E-state index in [0.717, 1.165) is 42.8 Å². The molecular weight excluding hydrogens is 306 g/mol. The van der Waals surface area contributed by atoms with Gasteiger partial charge in [-0.05, 0) is 32.8 Å². The Kier molecular flexibility index (Phi) is 6.46. The molecule has 132 valence electrons. The van der Waals surface area contributed by atoms with E-state index in [-0.39, 0.29) is 18.0 Å². The third-order valence-corrected chi connectivity index (χ3v) is 4.28. The number of hydrogen-bond acceptors (Lipinski definition) is 3. The van der Waals surface area contributed by atoms with E-state index < -0.39 is 0 Å². The first-order valence-electron chi connectivity index (χ1n) is 8.48. The summed E-state index contributed by atoms with van der Waals surface area (Å²) in [4.78, 5) is 25.8. The Morgan fingerprint density at radius 1 is 1.29 bits per heavy atom. The minimum absolute atomic E-state index is 0.112. The van der Waals surface area contributed by atoms with Crippen LogP contribution in [-0.4, -0.2) is 43.6 Å². The topological polar surface area (TPSA) is 70.7 Å². The summed E-state index contributed by atoms with van der Waals surface area (Å²) in [5.41, 5.74) is 2.04. The summed E-state index contributed by atoms with van der Waals surface area (Å²) in [5, 5.41) is 5.64. The van der Waals surface area contributed by atoms with E-state index in [1.54, 1.807) is 7.11 Å². The van der Waals surface area contributed by atoms with Crippen molar-refractivity contribution in [3.63, 3.8) is 0 Å². The molecule has 0 bridgehead atoms. The number of carbonyl (C=O) groups excluding carboxylic acids is 2. The second-order valence-corrected chi connectivity index (χ2v) is 6.21. The van der Waals surface area contributed by atoms with Gasteiger partial charge in [-0.25, -0.2) is 4.79 Å². The lowest BCUT2D eigenvalue weighted by molar-refractivity contribution is -0.129. The number of carbonyl (C=O) groups is 2. The van der Waals surface area contributed by atoms with Crippen molar-refractivity contribution in [2.75, 3.05) is 26.7 Å². The molecule has 1 aliphatic rings. The molecule has 1 aliphatic heterocycles. The average molecular weight is 333 g/mol. The van der Waals surface area contributed by atoms with Gasteiger partial charge in [0.1, 0.15) is 5.75 Å². The van der Waals surface area contributed by atoms with Gasteiger partial charge < -0.3 is 20.3 Å². The van der Waals surface area contributed by atoms with Crippen LogP contribution in [0.5, 0.6) is 5.75 Å². The minimum atomic E-state index is -0.278. The molecule has 1 fully saturated rings. The van der Waals surface area contributed by atoms with Gasteiger partial charge >= 0.3 is 6.03 Å². The van der Waals surface area contributed by atoms with Crippen molar-refractivity contribution >= 4 is 11.9 Å². The number of nitrogens with zero attached hydrogens (tertiary/aromatic N) is 1. The maximum absolute atomic E-state index is 12.0. The van der Waals surface area contributed by atoms with Gasteiger partial charge in [-0.15, -0.1) is 0 Å². The third-order valence-electron chi connectivity index (χ3n) is 4.28. The van der Waals surface area contributed by atoms with E-state index in [2.05, 4.69) is 10.6 Å². The predicted octanol–water partition coefficient (Wildman–Crippen LogP) is 2.38. The van der Waals surface area contributed by atoms with Crippen LogP contribution in [0.4, 0.5) is 4.79 Å². The van der Waals surface area contributed by atoms with Crippen molar-refractivity contribution in [3.05, 3.63) is 29.3 Å². The van der Waals surface area contributed by atoms with Crippen LogP contribution in [0.3, 0.4) is 0 Å². The molecule has 0 saturated carbocycles. The number of nitrogens with one attached hydrogen (secondary N) is 2. The van der Waals surface area contributed by atoms with Gasteiger partial charge in [0.05, 0.1) is 13.2 Å². The third kappa shape index (κ3) is 4.88. The fourth-order valence-electron chi connectivity index (χ4n) is 2.93. The van der Waals surface area contributed by atoms with Crippen molar-refractivity contribution in [3.8, 4) is 5.75 Å². The molecule has 1 atom stereocenters. The van der Waals surface area contributed by atoms with Gasteiger partial charge in [-0.1, -0.05) is 17.7 Å². The first-order valence-corrected chi connectivity index (χ1v) is 8.48. The second kappa shape index (κ2) is 8.57. The van der Waals surface area contributed by atoms with Crippen molar-refractivity contribution in [2.24, 2.45) is 0 Å². The van der Waals surface area contributed by atoms with E-state index in [0.29, 0.717) is 13.0 Å². The SMILES string of the molecule is COc1ccc(C)cc1C(C)NC(=O)NCCC(=O)N1CCCC1. The molecule has 0 spiro atoms. The Morgan fingerprint density at radius 2 is 2.00 bits per heavy atom. The van der Waals surface area contributed by atoms with Crippen molar-refractivity contribution < 1.29 is 14.3 Å². The van der Waals surface area contributed by atoms with Crippen LogP contribution in [0.2, 0.25) is 0 Å². The fraction of sp³-hybridized carbons (Fsp3) is 0.556. The highest BCUT2D eigenvalue weighted by atomic mass is 16.5. The number of aryl methyl sites for hydroxylation is 1. The normalized spacial score (nSPS) is 15.0. The number of likely N-dealkylation sites (tertiary alicyclic amines) is 1. The Morgan fingerprint density at radius 3 is 2.67 bits per heavy atom. The molecule has 2 N–H and O–H groups in total. The smallest absolute Gasteiger partial charge is 0.315 e. The molecule has 0 aliphatic carbocycles. The van der Waals surface area contributed by atoms with E-state index in [4.69, 9.17) is 4.74 Å². The van der Waals surface area contributed by atoms with Crippen LogP contribution in [-0.2, 0) is 4.79 Å². The lowest BCUT2D eigenvalue weighted by Gasteiger charge is -2.19. The summed E-state index contributed by atoms with van der Waals surface area (Å²) in [5.74, 6) is 0.860. The quantitative estimate of drug-likeness (QED) is 0.840. The zero-order valence-corrected chi connectivity index (χ0v) is 14.7. The Bertz CT molecular complexity index is 583. The fourth-order valence-corrected chi connectivity index (χ4v) is 2.93. The number of rotatable bonds is 6. The molecule has 2 rings (SSSR count). The molecule has 24 heavy (non-hydrogen) atoms. The lowest BCUT2D eigenvalue weighted by Crippen LogP contribution is -2.39. The Labute approximate surface area is 143 Å². The maximum Gasteiger partial charge on any atom is 0.315 e. The highest BCUT2D eigenvalue weighted by molar-refractivity contribution is 5.78. The molecular formula is C18H27N3O3. The molecule has 1 unspecified atom stereocenters. The highest BCUT2D eigenvalue weighted by Crippen LogP contribution is 2.25. The first kappa shape index (κ1) is 18.1. The van der Waals surface area contributed by atoms with Crippen LogP contribution < -0.4 is 15.4 Å². The first-order chi connectivity index (χ1) is 11.5. The monoisotopic (exact) mass is 333 g/mol. The van der Waals surface area contributed by atoms with Crippen molar-refractivity contribution in [2.45, 2.75) is 39.2 Å². The van der Waals surface area contributed by atoms with E-state index in [1.165, 1.54) is 0 Å². The molecule has 0 radical (unpaired) electrons. The molecule has 0 aromatic heterocycles. The molecule has 1 aromatic rings. The van der Waals surface area contributed by atoms with E-state index in [9.17, 15) is 9.59 Å². The number of hydrogen-bond donors (Lipinski definition) is 2. The predicted molar refractivity (Wildman–Crippen MR) is 93.1 cm³/mol. The summed E-state index contributed by atoms with van der Waals surface area (Å²) < 4.78 is 5.35. The summed E-state index contributed by atoms with van der Waals surface area (Å²) in [6.07, 6.45) is 2.50. The average Bonchev–Trinajstić information content (AvgIpc) is 3.09. The van der Waals surface area contributed by atoms with Crippen molar-refractivity contribution in [1.82, 2.24) is 15.5 Å². The molecule has 6 heteroatoms. The van der Waals surface area contributed by atoms with Crippen molar-refractivity contribution in [1.29, 1.82) is 0 Å². The van der Waals surface area contributed by atoms with Crippen LogP contribution in [0.1, 0.15) is 43.4 Å². The Hall–Kier alpha value is -2.24. The highest BCUT2D eigenvalue weighted by Gasteiger charge is 2.18. The number of benzene rings is 1. The standard InChI is InChI=1S/C18H27N3O3/c1-13-6-7-16(24-3)15(12-13)14(2)20-18(23)19-9-8-17(22)21-10-4-5-11-21/h6-7,12,14H,4-5,8-11H2,1-3H3,(H2,19,20,23). The van der Waals surface area contributed by atoms with Crippen LogP contribution in [0.25, 0.3) is 0 Å². The van der Waals surface area contributed by atoms with Gasteiger partial charge in [0, 0.05) is 31.6 Å². The van der Waals surface area contributed by atoms with Crippen LogP contribution in [0.15, 0.2) is 18.2 Å². The molecule has 1 aromatic carbocycles. The second-order valence-electron chi connectivity index (χ2n) is 6.21. The van der Waals surface area contributed by atoms with E-state index in [1.807, 2.05) is 36.9 Å². The number of urea groups is 1. The van der Waals surface area contributed by atoms with Crippen LogP contribution in [0, 0.1) is 6.92 Å².